The van der Waals surface area contributed by atoms with Crippen molar-refractivity contribution in [2.75, 3.05) is 18.5 Å². The van der Waals surface area contributed by atoms with Gasteiger partial charge >= 0.3 is 23.9 Å². The molecule has 0 saturated carbocycles. The average molecular weight is 532 g/mol. The third-order valence-electron chi connectivity index (χ3n) is 4.11. The Hall–Kier alpha value is -2.19. The van der Waals surface area contributed by atoms with Crippen molar-refractivity contribution in [1.29, 1.82) is 0 Å². The maximum absolute atomic E-state index is 12.0. The molecule has 1 heterocycles. The van der Waals surface area contributed by atoms with E-state index in [0.29, 0.717) is 11.8 Å². The van der Waals surface area contributed by atoms with Crippen LogP contribution in [0, 0.1) is 0 Å². The molecule has 6 atom stereocenters. The molecule has 0 aromatic carbocycles. The van der Waals surface area contributed by atoms with Crippen molar-refractivity contribution in [2.45, 2.75) is 76.8 Å². The van der Waals surface area contributed by atoms with Crippen LogP contribution in [0.5, 0.6) is 0 Å². The summed E-state index contributed by atoms with van der Waals surface area (Å²) in [7, 11) is -2.80. The molecule has 1 fully saturated rings. The van der Waals surface area contributed by atoms with Crippen LogP contribution in [0.1, 0.15) is 53.8 Å². The Balaban J connectivity index is 3.24. The van der Waals surface area contributed by atoms with E-state index in [2.05, 4.69) is 5.16 Å². The van der Waals surface area contributed by atoms with Gasteiger partial charge in [-0.2, -0.15) is 0 Å². The van der Waals surface area contributed by atoms with E-state index in [9.17, 15) is 28.6 Å². The molecule has 0 spiro atoms. The monoisotopic (exact) mass is 531 g/mol. The Morgan fingerprint density at radius 1 is 1.00 bits per heavy atom. The first-order valence-corrected chi connectivity index (χ1v) is 12.0. The van der Waals surface area contributed by atoms with Gasteiger partial charge in [0, 0.05) is 57.2 Å². The summed E-state index contributed by atoms with van der Waals surface area (Å²) in [6, 6.07) is 0. The Morgan fingerprint density at radius 2 is 1.59 bits per heavy atom. The largest absolute Gasteiger partial charge is 0.463 e. The number of esters is 4. The minimum Gasteiger partial charge on any atom is -0.463 e. The van der Waals surface area contributed by atoms with Crippen LogP contribution in [0.15, 0.2) is 5.16 Å². The molecule has 12 nitrogen and oxygen atoms in total. The lowest BCUT2D eigenvalue weighted by Gasteiger charge is -2.44. The van der Waals surface area contributed by atoms with Crippen molar-refractivity contribution in [3.8, 4) is 0 Å². The maximum Gasteiger partial charge on any atom is 0.303 e. The van der Waals surface area contributed by atoms with E-state index < -0.39 is 89.4 Å². The van der Waals surface area contributed by atoms with Crippen LogP contribution < -0.4 is 0 Å². The minimum atomic E-state index is -3.03. The summed E-state index contributed by atoms with van der Waals surface area (Å²) >= 11 is 0.689. The van der Waals surface area contributed by atoms with E-state index in [4.69, 9.17) is 30.5 Å². The molecule has 34 heavy (non-hydrogen) atoms. The lowest BCUT2D eigenvalue weighted by atomic mass is 9.99. The van der Waals surface area contributed by atoms with Crippen molar-refractivity contribution in [2.24, 2.45) is 5.16 Å². The Morgan fingerprint density at radius 3 is 2.12 bits per heavy atom. The molecule has 1 saturated heterocycles. The van der Waals surface area contributed by atoms with Gasteiger partial charge in [0.25, 0.3) is 0 Å². The molecule has 0 aliphatic carbocycles. The van der Waals surface area contributed by atoms with Crippen molar-refractivity contribution in [3.05, 3.63) is 0 Å². The summed E-state index contributed by atoms with van der Waals surface area (Å²) in [5.41, 5.74) is -3.84. The smallest absolute Gasteiger partial charge is 0.303 e. The number of ether oxygens (including phenoxy) is 5. The zero-order chi connectivity index (χ0) is 30.1. The highest BCUT2D eigenvalue weighted by molar-refractivity contribution is 8.14. The van der Waals surface area contributed by atoms with E-state index >= 15 is 0 Å². The van der Waals surface area contributed by atoms with Crippen molar-refractivity contribution in [1.82, 2.24) is 0 Å². The van der Waals surface area contributed by atoms with Gasteiger partial charge in [0.15, 0.2) is 18.3 Å². The minimum absolute atomic E-state index is 0.0913. The normalized spacial score (nSPS) is 28.6. The Kier molecular flexibility index (Phi) is 9.79. The molecule has 1 N–H and O–H groups in total. The summed E-state index contributed by atoms with van der Waals surface area (Å²) in [6.45, 7) is 3.86. The predicted molar refractivity (Wildman–Crippen MR) is 122 cm³/mol. The molecule has 1 unspecified atom stereocenters. The number of hydrogen-bond acceptors (Lipinski definition) is 13. The highest BCUT2D eigenvalue weighted by Crippen LogP contribution is 2.35. The molecule has 0 aromatic heterocycles. The molecule has 0 radical (unpaired) electrons. The molecule has 1 aliphatic rings. The third-order valence-corrected chi connectivity index (χ3v) is 5.75. The number of hydrogen-bond donors (Lipinski definition) is 1. The fourth-order valence-corrected chi connectivity index (χ4v) is 4.40. The fourth-order valence-electron chi connectivity index (χ4n) is 2.95. The van der Waals surface area contributed by atoms with Crippen LogP contribution in [-0.4, -0.2) is 86.7 Å². The van der Waals surface area contributed by atoms with Crippen LogP contribution in [0.4, 0.5) is 0 Å². The highest BCUT2D eigenvalue weighted by atomic mass is 32.2. The fraction of sp³-hybridized carbons (Fsp3) is 0.750. The Bertz CT molecular complexity index is 963. The lowest BCUT2D eigenvalue weighted by Crippen LogP contribution is -2.61. The summed E-state index contributed by atoms with van der Waals surface area (Å²) in [5.74, 6) is -3.15. The van der Waals surface area contributed by atoms with Gasteiger partial charge in [-0.25, -0.2) is 0 Å². The van der Waals surface area contributed by atoms with Crippen molar-refractivity contribution < 1.29 is 59.1 Å². The molecular formula is C20H31NO11S2. The van der Waals surface area contributed by atoms with E-state index in [1.54, 1.807) is 0 Å². The summed E-state index contributed by atoms with van der Waals surface area (Å²) in [6.07, 6.45) is -9.18. The second kappa shape index (κ2) is 14.9. The second-order valence-electron chi connectivity index (χ2n) is 6.95. The summed E-state index contributed by atoms with van der Waals surface area (Å²) in [5, 5.41) is 12.6. The lowest BCUT2D eigenvalue weighted by molar-refractivity contribution is -0.237. The van der Waals surface area contributed by atoms with Gasteiger partial charge in [-0.15, -0.1) is 0 Å². The van der Waals surface area contributed by atoms with Crippen LogP contribution in [0.3, 0.4) is 0 Å². The van der Waals surface area contributed by atoms with Crippen LogP contribution in [0.2, 0.25) is 0 Å². The van der Waals surface area contributed by atoms with Crippen molar-refractivity contribution in [3.63, 3.8) is 0 Å². The number of carbonyl (C=O) groups excluding carboxylic acids is 4. The predicted octanol–water partition coefficient (Wildman–Crippen LogP) is 1.14. The SMILES string of the molecule is [2H]C([2H])([2H])S(=O)C([2H])([2H])[13CH2]CC/C(=N\O)S[C@@H]1O[C@H](COC(C)=O)[C@@H](OC(C)=O)[C@H](OC(C)=O)[C@H]1OC(C)=O. The molecule has 1 rings (SSSR count). The standard InChI is InChI=1S/C20H31NO11S2/c1-11(22)28-10-15-17(29-12(2)23)18(30-13(3)24)19(31-14(4)25)20(32-15)33-16(21-26)8-6-7-9-34(5)27/h15,17-20,26H,6-10H2,1-5H3/b21-16+/t15-,17-,18+,19-,20+,34?/m1/s1/i5D3,7+1,9D2. The maximum atomic E-state index is 12.0. The first-order chi connectivity index (χ1) is 17.9. The molecule has 194 valence electrons. The van der Waals surface area contributed by atoms with Crippen LogP contribution in [0.25, 0.3) is 0 Å². The molecule has 1 aliphatic heterocycles. The number of carbonyl (C=O) groups is 4. The number of rotatable bonds is 11. The molecule has 14 heteroatoms. The van der Waals surface area contributed by atoms with E-state index in [-0.39, 0.29) is 17.9 Å². The van der Waals surface area contributed by atoms with Gasteiger partial charge in [-0.05, 0) is 19.3 Å². The highest BCUT2D eigenvalue weighted by Gasteiger charge is 2.52. The van der Waals surface area contributed by atoms with Gasteiger partial charge in [0.05, 0.1) is 0 Å². The van der Waals surface area contributed by atoms with Gasteiger partial charge < -0.3 is 28.9 Å². The zero-order valence-corrected chi connectivity index (χ0v) is 20.6. The number of nitrogens with zero attached hydrogens (tertiary/aromatic N) is 1. The van der Waals surface area contributed by atoms with Crippen LogP contribution in [-0.2, 0) is 53.7 Å². The van der Waals surface area contributed by atoms with Crippen molar-refractivity contribution >= 4 is 51.5 Å². The van der Waals surface area contributed by atoms with E-state index in [1.165, 1.54) is 0 Å². The van der Waals surface area contributed by atoms with E-state index in [1.807, 2.05) is 0 Å². The quantitative estimate of drug-likeness (QED) is 0.0770. The molecule has 0 amide bonds. The van der Waals surface area contributed by atoms with Crippen LogP contribution >= 0.6 is 11.8 Å². The second-order valence-corrected chi connectivity index (χ2v) is 8.94. The molecular weight excluding hydrogens is 495 g/mol. The summed E-state index contributed by atoms with van der Waals surface area (Å²) in [4.78, 5) is 47.0. The molecule has 0 aromatic rings. The third kappa shape index (κ3) is 10.8. The number of thioether (sulfide) groups is 1. The first-order valence-electron chi connectivity index (χ1n) is 12.5. The number of oxime groups is 1. The Labute approximate surface area is 211 Å². The van der Waals surface area contributed by atoms with Gasteiger partial charge in [0.1, 0.15) is 23.2 Å². The van der Waals surface area contributed by atoms with Gasteiger partial charge in [-0.3, -0.25) is 23.4 Å². The van der Waals surface area contributed by atoms with E-state index in [0.717, 1.165) is 27.7 Å². The molecule has 0 bridgehead atoms. The van der Waals surface area contributed by atoms with Gasteiger partial charge in [0.2, 0.25) is 0 Å². The topological polar surface area (TPSA) is 164 Å². The average Bonchev–Trinajstić information content (AvgIpc) is 2.78. The van der Waals surface area contributed by atoms with Gasteiger partial charge in [-0.1, -0.05) is 16.9 Å². The summed E-state index contributed by atoms with van der Waals surface area (Å²) < 4.78 is 75.9. The zero-order valence-electron chi connectivity index (χ0n) is 24.0. The first kappa shape index (κ1) is 22.3.